The van der Waals surface area contributed by atoms with Gasteiger partial charge in [-0.3, -0.25) is 4.79 Å². The predicted molar refractivity (Wildman–Crippen MR) is 116 cm³/mol. The second kappa shape index (κ2) is 8.59. The Kier molecular flexibility index (Phi) is 5.92. The van der Waals surface area contributed by atoms with Gasteiger partial charge in [-0.25, -0.2) is 0 Å². The number of hydrogen-bond acceptors (Lipinski definition) is 4. The smallest absolute Gasteiger partial charge is 0.254 e. The molecule has 0 aliphatic carbocycles. The van der Waals surface area contributed by atoms with Crippen LogP contribution < -0.4 is 0 Å². The normalized spacial score (nSPS) is 16.4. The van der Waals surface area contributed by atoms with Crippen molar-refractivity contribution in [3.8, 4) is 0 Å². The van der Waals surface area contributed by atoms with Crippen LogP contribution in [0.2, 0.25) is 5.02 Å². The Labute approximate surface area is 180 Å². The van der Waals surface area contributed by atoms with Crippen LogP contribution in [-0.2, 0) is 12.8 Å². The molecule has 7 heteroatoms. The van der Waals surface area contributed by atoms with Crippen LogP contribution in [0.25, 0.3) is 0 Å². The number of aromatic nitrogens is 3. The molecule has 0 saturated carbocycles. The minimum atomic E-state index is -0.0375. The molecule has 2 heterocycles. The number of rotatable bonds is 5. The van der Waals surface area contributed by atoms with Gasteiger partial charge in [0.2, 0.25) is 0 Å². The van der Waals surface area contributed by atoms with E-state index in [1.165, 1.54) is 5.56 Å². The van der Waals surface area contributed by atoms with Gasteiger partial charge in [0.25, 0.3) is 5.91 Å². The van der Waals surface area contributed by atoms with Crippen LogP contribution in [-0.4, -0.2) is 32.1 Å². The maximum absolute atomic E-state index is 13.2. The maximum atomic E-state index is 13.2. The van der Waals surface area contributed by atoms with E-state index in [9.17, 15) is 4.79 Å². The Bertz CT molecular complexity index is 1020. The quantitative estimate of drug-likeness (QED) is 0.536. The van der Waals surface area contributed by atoms with Gasteiger partial charge in [-0.05, 0) is 49.1 Å². The lowest BCUT2D eigenvalue weighted by Crippen LogP contribution is -2.32. The molecule has 1 amide bonds. The fourth-order valence-electron chi connectivity index (χ4n) is 3.72. The summed E-state index contributed by atoms with van der Waals surface area (Å²) in [5.74, 6) is 1.71. The average Bonchev–Trinajstić information content (AvgIpc) is 3.34. The molecule has 1 aromatic heterocycles. The van der Waals surface area contributed by atoms with Gasteiger partial charge in [0, 0.05) is 29.9 Å². The summed E-state index contributed by atoms with van der Waals surface area (Å²) in [6.45, 7) is 2.73. The molecule has 29 heavy (non-hydrogen) atoms. The number of carbonyl (C=O) groups is 1. The van der Waals surface area contributed by atoms with Crippen LogP contribution in [0.5, 0.6) is 0 Å². The molecular weight excluding hydrogens is 404 g/mol. The van der Waals surface area contributed by atoms with Crippen LogP contribution >= 0.6 is 23.4 Å². The lowest BCUT2D eigenvalue weighted by atomic mass is 10.1. The van der Waals surface area contributed by atoms with E-state index in [1.54, 1.807) is 11.8 Å². The molecule has 0 radical (unpaired) electrons. The zero-order chi connectivity index (χ0) is 20.4. The third kappa shape index (κ3) is 4.19. The zero-order valence-electron chi connectivity index (χ0n) is 16.5. The lowest BCUT2D eigenvalue weighted by Gasteiger charge is -2.24. The first kappa shape index (κ1) is 20.0. The van der Waals surface area contributed by atoms with Crippen molar-refractivity contribution in [1.29, 1.82) is 0 Å². The number of halogens is 1. The van der Waals surface area contributed by atoms with Crippen LogP contribution in [0, 0.1) is 6.92 Å². The molecule has 0 bridgehead atoms. The van der Waals surface area contributed by atoms with E-state index in [4.69, 9.17) is 11.6 Å². The second-order valence-corrected chi connectivity index (χ2v) is 8.67. The summed E-state index contributed by atoms with van der Waals surface area (Å²) >= 11 is 7.59. The molecule has 4 rings (SSSR count). The molecule has 1 unspecified atom stereocenters. The minimum Gasteiger partial charge on any atom is -0.328 e. The minimum absolute atomic E-state index is 0.0375. The highest BCUT2D eigenvalue weighted by Gasteiger charge is 2.34. The summed E-state index contributed by atoms with van der Waals surface area (Å²) in [6.07, 6.45) is 1.88. The number of likely N-dealkylation sites (tertiary alicyclic amines) is 1. The number of hydrogen-bond donors (Lipinski definition) is 0. The van der Waals surface area contributed by atoms with Gasteiger partial charge in [-0.15, -0.1) is 10.2 Å². The summed E-state index contributed by atoms with van der Waals surface area (Å²) in [6, 6.07) is 15.5. The molecule has 5 nitrogen and oxygen atoms in total. The summed E-state index contributed by atoms with van der Waals surface area (Å²) in [7, 11) is 1.98. The Morgan fingerprint density at radius 3 is 2.69 bits per heavy atom. The molecule has 1 aliphatic rings. The first-order valence-electron chi connectivity index (χ1n) is 9.67. The van der Waals surface area contributed by atoms with E-state index in [1.807, 2.05) is 72.0 Å². The predicted octanol–water partition coefficient (Wildman–Crippen LogP) is 5.05. The van der Waals surface area contributed by atoms with Crippen molar-refractivity contribution < 1.29 is 4.79 Å². The summed E-state index contributed by atoms with van der Waals surface area (Å²) in [5, 5.41) is 10.4. The first-order chi connectivity index (χ1) is 14.0. The van der Waals surface area contributed by atoms with E-state index >= 15 is 0 Å². The average molecular weight is 427 g/mol. The molecular formula is C22H23ClN4OS. The van der Waals surface area contributed by atoms with Crippen LogP contribution in [0.3, 0.4) is 0 Å². The molecule has 2 aromatic carbocycles. The monoisotopic (exact) mass is 426 g/mol. The van der Waals surface area contributed by atoms with Crippen LogP contribution in [0.1, 0.15) is 46.2 Å². The van der Waals surface area contributed by atoms with Crippen LogP contribution in [0.4, 0.5) is 0 Å². The van der Waals surface area contributed by atoms with Gasteiger partial charge in [0.1, 0.15) is 0 Å². The van der Waals surface area contributed by atoms with Gasteiger partial charge in [0.15, 0.2) is 11.0 Å². The molecule has 150 valence electrons. The summed E-state index contributed by atoms with van der Waals surface area (Å²) < 4.78 is 2.02. The fraction of sp³-hybridized carbons (Fsp3) is 0.318. The molecule has 1 atom stereocenters. The Hall–Kier alpha value is -2.31. The zero-order valence-corrected chi connectivity index (χ0v) is 18.1. The van der Waals surface area contributed by atoms with Gasteiger partial charge < -0.3 is 9.47 Å². The summed E-state index contributed by atoms with van der Waals surface area (Å²) in [5.41, 5.74) is 2.94. The van der Waals surface area contributed by atoms with Crippen molar-refractivity contribution in [2.75, 3.05) is 6.54 Å². The summed E-state index contributed by atoms with van der Waals surface area (Å²) in [4.78, 5) is 15.1. The second-order valence-electron chi connectivity index (χ2n) is 7.29. The molecule has 0 N–H and O–H groups in total. The SMILES string of the molecule is Cc1ccccc1C(=O)N1CCCC1c1nnc(SCc2ccc(Cl)cc2)n1C. The van der Waals surface area contributed by atoms with E-state index in [2.05, 4.69) is 10.2 Å². The van der Waals surface area contributed by atoms with Gasteiger partial charge in [-0.1, -0.05) is 53.7 Å². The molecule has 1 saturated heterocycles. The Balaban J connectivity index is 1.51. The van der Waals surface area contributed by atoms with Crippen molar-refractivity contribution in [2.24, 2.45) is 7.05 Å². The van der Waals surface area contributed by atoms with E-state index in [-0.39, 0.29) is 11.9 Å². The number of benzene rings is 2. The molecule has 1 aliphatic heterocycles. The van der Waals surface area contributed by atoms with Crippen molar-refractivity contribution in [1.82, 2.24) is 19.7 Å². The Morgan fingerprint density at radius 1 is 1.17 bits per heavy atom. The lowest BCUT2D eigenvalue weighted by molar-refractivity contribution is 0.0727. The van der Waals surface area contributed by atoms with Crippen molar-refractivity contribution in [3.63, 3.8) is 0 Å². The van der Waals surface area contributed by atoms with Gasteiger partial charge in [0.05, 0.1) is 6.04 Å². The first-order valence-corrected chi connectivity index (χ1v) is 11.0. The third-order valence-corrected chi connectivity index (χ3v) is 6.68. The van der Waals surface area contributed by atoms with Gasteiger partial charge in [-0.2, -0.15) is 0 Å². The molecule has 3 aromatic rings. The van der Waals surface area contributed by atoms with Crippen molar-refractivity contribution >= 4 is 29.3 Å². The highest BCUT2D eigenvalue weighted by atomic mass is 35.5. The topological polar surface area (TPSA) is 51.0 Å². The fourth-order valence-corrected chi connectivity index (χ4v) is 4.72. The number of carbonyl (C=O) groups excluding carboxylic acids is 1. The van der Waals surface area contributed by atoms with E-state index < -0.39 is 0 Å². The largest absolute Gasteiger partial charge is 0.328 e. The Morgan fingerprint density at radius 2 is 1.93 bits per heavy atom. The van der Waals surface area contributed by atoms with Crippen molar-refractivity contribution in [3.05, 3.63) is 76.1 Å². The standard InChI is InChI=1S/C22H23ClN4OS/c1-15-6-3-4-7-18(15)21(28)27-13-5-8-19(27)20-24-25-22(26(20)2)29-14-16-9-11-17(23)12-10-16/h3-4,6-7,9-12,19H,5,8,13-14H2,1-2H3. The van der Waals surface area contributed by atoms with Crippen molar-refractivity contribution in [2.45, 2.75) is 36.7 Å². The number of amides is 1. The number of nitrogens with zero attached hydrogens (tertiary/aromatic N) is 4. The van der Waals surface area contributed by atoms with E-state index in [0.29, 0.717) is 0 Å². The van der Waals surface area contributed by atoms with Gasteiger partial charge >= 0.3 is 0 Å². The van der Waals surface area contributed by atoms with E-state index in [0.717, 1.165) is 52.3 Å². The number of thioether (sulfide) groups is 1. The maximum Gasteiger partial charge on any atom is 0.254 e. The molecule has 1 fully saturated rings. The number of aryl methyl sites for hydroxylation is 1. The van der Waals surface area contributed by atoms with Crippen LogP contribution in [0.15, 0.2) is 53.7 Å². The highest BCUT2D eigenvalue weighted by Crippen LogP contribution is 2.34. The molecule has 0 spiro atoms. The highest BCUT2D eigenvalue weighted by molar-refractivity contribution is 7.98. The third-order valence-electron chi connectivity index (χ3n) is 5.34.